The van der Waals surface area contributed by atoms with Gasteiger partial charge in [-0.3, -0.25) is 4.90 Å². The summed E-state index contributed by atoms with van der Waals surface area (Å²) >= 11 is 0. The molecule has 0 aliphatic carbocycles. The van der Waals surface area contributed by atoms with Gasteiger partial charge < -0.3 is 20.1 Å². The molecule has 5 heteroatoms. The number of hydrogen-bond acceptors (Lipinski definition) is 5. The highest BCUT2D eigenvalue weighted by Gasteiger charge is 2.16. The first kappa shape index (κ1) is 17.4. The molecule has 1 fully saturated rings. The third-order valence-corrected chi connectivity index (χ3v) is 4.62. The number of phenols is 1. The fourth-order valence-corrected chi connectivity index (χ4v) is 3.09. The lowest BCUT2D eigenvalue weighted by Crippen LogP contribution is -2.46. The SMILES string of the molecule is CNc1ccc(OCCCN2CCN(c3ccc(O)cc3)CC2)cc1. The molecule has 0 unspecified atom stereocenters. The van der Waals surface area contributed by atoms with Crippen LogP contribution in [0.3, 0.4) is 0 Å². The van der Waals surface area contributed by atoms with Crippen LogP contribution in [0.1, 0.15) is 6.42 Å². The lowest BCUT2D eigenvalue weighted by Gasteiger charge is -2.36. The van der Waals surface area contributed by atoms with E-state index >= 15 is 0 Å². The third-order valence-electron chi connectivity index (χ3n) is 4.62. The quantitative estimate of drug-likeness (QED) is 0.758. The number of piperazine rings is 1. The van der Waals surface area contributed by atoms with Crippen molar-refractivity contribution in [3.05, 3.63) is 48.5 Å². The van der Waals surface area contributed by atoms with E-state index in [0.29, 0.717) is 5.75 Å². The molecule has 2 N–H and O–H groups in total. The molecule has 25 heavy (non-hydrogen) atoms. The van der Waals surface area contributed by atoms with Crippen LogP contribution in [-0.4, -0.2) is 56.4 Å². The highest BCUT2D eigenvalue weighted by Crippen LogP contribution is 2.20. The summed E-state index contributed by atoms with van der Waals surface area (Å²) in [6, 6.07) is 15.5. The average molecular weight is 341 g/mol. The number of rotatable bonds is 7. The van der Waals surface area contributed by atoms with Crippen LogP contribution in [0.2, 0.25) is 0 Å². The second-order valence-corrected chi connectivity index (χ2v) is 6.32. The van der Waals surface area contributed by atoms with Gasteiger partial charge in [0.2, 0.25) is 0 Å². The first-order valence-corrected chi connectivity index (χ1v) is 8.91. The molecule has 0 saturated carbocycles. The zero-order valence-corrected chi connectivity index (χ0v) is 14.8. The average Bonchev–Trinajstić information content (AvgIpc) is 2.67. The van der Waals surface area contributed by atoms with Crippen molar-refractivity contribution in [1.29, 1.82) is 0 Å². The van der Waals surface area contributed by atoms with Crippen molar-refractivity contribution in [3.8, 4) is 11.5 Å². The van der Waals surface area contributed by atoms with Gasteiger partial charge >= 0.3 is 0 Å². The Hall–Kier alpha value is -2.40. The molecule has 134 valence electrons. The van der Waals surface area contributed by atoms with Crippen molar-refractivity contribution in [2.75, 3.05) is 56.6 Å². The van der Waals surface area contributed by atoms with Crippen molar-refractivity contribution in [2.45, 2.75) is 6.42 Å². The predicted octanol–water partition coefficient (Wildman–Crippen LogP) is 3.03. The van der Waals surface area contributed by atoms with E-state index in [1.807, 2.05) is 43.4 Å². The van der Waals surface area contributed by atoms with Gasteiger partial charge in [0.05, 0.1) is 6.61 Å². The van der Waals surface area contributed by atoms with E-state index in [2.05, 4.69) is 15.1 Å². The number of phenolic OH excluding ortho intramolecular Hbond substituents is 1. The van der Waals surface area contributed by atoms with Gasteiger partial charge in [-0.2, -0.15) is 0 Å². The fourth-order valence-electron chi connectivity index (χ4n) is 3.09. The highest BCUT2D eigenvalue weighted by atomic mass is 16.5. The molecule has 2 aromatic carbocycles. The Morgan fingerprint density at radius 3 is 2.28 bits per heavy atom. The molecule has 5 nitrogen and oxygen atoms in total. The summed E-state index contributed by atoms with van der Waals surface area (Å²) in [5.41, 5.74) is 2.28. The molecule has 0 atom stereocenters. The van der Waals surface area contributed by atoms with Gasteiger partial charge in [0.15, 0.2) is 0 Å². The monoisotopic (exact) mass is 341 g/mol. The van der Waals surface area contributed by atoms with Crippen molar-refractivity contribution in [3.63, 3.8) is 0 Å². The summed E-state index contributed by atoms with van der Waals surface area (Å²) in [7, 11) is 1.91. The number of benzene rings is 2. The maximum Gasteiger partial charge on any atom is 0.119 e. The van der Waals surface area contributed by atoms with E-state index in [9.17, 15) is 5.11 Å². The standard InChI is InChI=1S/C20H27N3O2/c1-21-17-3-9-20(10-4-17)25-16-2-11-22-12-14-23(15-13-22)18-5-7-19(24)8-6-18/h3-10,21,24H,2,11-16H2,1H3. The van der Waals surface area contributed by atoms with Gasteiger partial charge in [-0.05, 0) is 55.0 Å². The summed E-state index contributed by atoms with van der Waals surface area (Å²) in [6.07, 6.45) is 1.03. The van der Waals surface area contributed by atoms with E-state index in [-0.39, 0.29) is 0 Å². The highest BCUT2D eigenvalue weighted by molar-refractivity contribution is 5.49. The Labute approximate surface area is 149 Å². The first-order chi connectivity index (χ1) is 12.2. The van der Waals surface area contributed by atoms with E-state index in [1.165, 1.54) is 5.69 Å². The van der Waals surface area contributed by atoms with Crippen molar-refractivity contribution in [2.24, 2.45) is 0 Å². The second-order valence-electron chi connectivity index (χ2n) is 6.32. The lowest BCUT2D eigenvalue weighted by molar-refractivity contribution is 0.225. The normalized spacial score (nSPS) is 15.2. The maximum absolute atomic E-state index is 9.38. The van der Waals surface area contributed by atoms with Gasteiger partial charge in [-0.15, -0.1) is 0 Å². The minimum atomic E-state index is 0.322. The number of nitrogens with one attached hydrogen (secondary N) is 1. The molecule has 1 aliphatic rings. The van der Waals surface area contributed by atoms with Crippen molar-refractivity contribution in [1.82, 2.24) is 4.90 Å². The van der Waals surface area contributed by atoms with Crippen LogP contribution in [0.15, 0.2) is 48.5 Å². The molecule has 0 radical (unpaired) electrons. The summed E-state index contributed by atoms with van der Waals surface area (Å²) in [5.74, 6) is 1.25. The number of anilines is 2. The third kappa shape index (κ3) is 5.03. The maximum atomic E-state index is 9.38. The minimum Gasteiger partial charge on any atom is -0.508 e. The Balaban J connectivity index is 1.34. The number of aromatic hydroxyl groups is 1. The molecule has 0 amide bonds. The number of nitrogens with zero attached hydrogens (tertiary/aromatic N) is 2. The molecule has 0 spiro atoms. The topological polar surface area (TPSA) is 48.0 Å². The largest absolute Gasteiger partial charge is 0.508 e. The van der Waals surface area contributed by atoms with Crippen LogP contribution in [0.5, 0.6) is 11.5 Å². The lowest BCUT2D eigenvalue weighted by atomic mass is 10.2. The summed E-state index contributed by atoms with van der Waals surface area (Å²) in [4.78, 5) is 4.86. The number of hydrogen-bond donors (Lipinski definition) is 2. The Morgan fingerprint density at radius 1 is 0.960 bits per heavy atom. The molecule has 1 saturated heterocycles. The van der Waals surface area contributed by atoms with Crippen molar-refractivity contribution >= 4 is 11.4 Å². The van der Waals surface area contributed by atoms with Crippen LogP contribution < -0.4 is 15.0 Å². The first-order valence-electron chi connectivity index (χ1n) is 8.91. The van der Waals surface area contributed by atoms with Crippen molar-refractivity contribution < 1.29 is 9.84 Å². The summed E-state index contributed by atoms with van der Waals surface area (Å²) < 4.78 is 5.81. The zero-order chi connectivity index (χ0) is 17.5. The molecule has 3 rings (SSSR count). The Bertz CT molecular complexity index is 635. The summed E-state index contributed by atoms with van der Waals surface area (Å²) in [5, 5.41) is 12.5. The molecule has 1 heterocycles. The molecule has 2 aromatic rings. The Morgan fingerprint density at radius 2 is 1.64 bits per heavy atom. The van der Waals surface area contributed by atoms with Crippen LogP contribution in [0.4, 0.5) is 11.4 Å². The molecule has 1 aliphatic heterocycles. The van der Waals surface area contributed by atoms with Gasteiger partial charge in [0.1, 0.15) is 11.5 Å². The van der Waals surface area contributed by atoms with E-state index in [1.54, 1.807) is 12.1 Å². The molecule has 0 bridgehead atoms. The van der Waals surface area contributed by atoms with Gasteiger partial charge in [-0.25, -0.2) is 0 Å². The van der Waals surface area contributed by atoms with Crippen LogP contribution in [-0.2, 0) is 0 Å². The van der Waals surface area contributed by atoms with E-state index in [0.717, 1.165) is 57.2 Å². The number of ether oxygens (including phenoxy) is 1. The van der Waals surface area contributed by atoms with Gasteiger partial charge in [-0.1, -0.05) is 0 Å². The van der Waals surface area contributed by atoms with Gasteiger partial charge in [0, 0.05) is 51.1 Å². The second kappa shape index (κ2) is 8.62. The molecule has 0 aromatic heterocycles. The smallest absolute Gasteiger partial charge is 0.119 e. The van der Waals surface area contributed by atoms with E-state index in [4.69, 9.17) is 4.74 Å². The summed E-state index contributed by atoms with van der Waals surface area (Å²) in [6.45, 7) is 6.00. The fraction of sp³-hybridized carbons (Fsp3) is 0.400. The van der Waals surface area contributed by atoms with Crippen LogP contribution in [0.25, 0.3) is 0 Å². The van der Waals surface area contributed by atoms with E-state index < -0.39 is 0 Å². The molecular formula is C20H27N3O2. The Kier molecular flexibility index (Phi) is 6.01. The molecular weight excluding hydrogens is 314 g/mol. The minimum absolute atomic E-state index is 0.322. The van der Waals surface area contributed by atoms with Crippen LogP contribution in [0, 0.1) is 0 Å². The van der Waals surface area contributed by atoms with Crippen LogP contribution >= 0.6 is 0 Å². The zero-order valence-electron chi connectivity index (χ0n) is 14.8. The predicted molar refractivity (Wildman–Crippen MR) is 103 cm³/mol. The van der Waals surface area contributed by atoms with Gasteiger partial charge in [0.25, 0.3) is 0 Å².